The van der Waals surface area contributed by atoms with Crippen LogP contribution in [0.25, 0.3) is 0 Å². The van der Waals surface area contributed by atoms with Crippen LogP contribution in [0.3, 0.4) is 0 Å². The lowest BCUT2D eigenvalue weighted by Gasteiger charge is -2.19. The second-order valence-electron chi connectivity index (χ2n) is 6.22. The van der Waals surface area contributed by atoms with Crippen LogP contribution in [0.15, 0.2) is 5.38 Å². The number of ketones is 1. The van der Waals surface area contributed by atoms with Crippen molar-refractivity contribution in [3.05, 3.63) is 16.1 Å². The third kappa shape index (κ3) is 2.81. The summed E-state index contributed by atoms with van der Waals surface area (Å²) < 4.78 is 0. The number of aliphatic hydroxyl groups is 1. The highest BCUT2D eigenvalue weighted by molar-refractivity contribution is 7.09. The van der Waals surface area contributed by atoms with Gasteiger partial charge < -0.3 is 5.11 Å². The maximum absolute atomic E-state index is 12.1. The molecule has 0 spiro atoms. The van der Waals surface area contributed by atoms with Gasteiger partial charge in [-0.2, -0.15) is 0 Å². The van der Waals surface area contributed by atoms with E-state index in [-0.39, 0.29) is 17.6 Å². The molecule has 0 saturated heterocycles. The minimum atomic E-state index is -1.08. The second-order valence-corrected chi connectivity index (χ2v) is 7.16. The average Bonchev–Trinajstić information content (AvgIpc) is 2.86. The Morgan fingerprint density at radius 1 is 1.44 bits per heavy atom. The number of carbonyl (C=O) groups excluding carboxylic acids is 1. The summed E-state index contributed by atoms with van der Waals surface area (Å²) in [5, 5.41) is 13.1. The molecule has 0 aliphatic heterocycles. The molecule has 1 aromatic heterocycles. The standard InChI is InChI=1S/C14H21NO2S/c1-13(2,3)10-9-18-12(15-10)8-11(16)14(17)6-4-5-7-14/h9,17H,4-8H2,1-3H3. The van der Waals surface area contributed by atoms with Crippen molar-refractivity contribution in [2.75, 3.05) is 0 Å². The Balaban J connectivity index is 2.06. The monoisotopic (exact) mass is 267 g/mol. The Morgan fingerprint density at radius 3 is 2.56 bits per heavy atom. The van der Waals surface area contributed by atoms with E-state index in [4.69, 9.17) is 0 Å². The molecule has 1 heterocycles. The molecule has 3 nitrogen and oxygen atoms in total. The SMILES string of the molecule is CC(C)(C)c1csc(CC(=O)C2(O)CCCC2)n1. The van der Waals surface area contributed by atoms with E-state index in [9.17, 15) is 9.90 Å². The maximum Gasteiger partial charge on any atom is 0.171 e. The maximum atomic E-state index is 12.1. The third-order valence-corrected chi connectivity index (χ3v) is 4.43. The lowest BCUT2D eigenvalue weighted by Crippen LogP contribution is -2.36. The molecule has 0 atom stereocenters. The van der Waals surface area contributed by atoms with Crippen LogP contribution in [0.2, 0.25) is 0 Å². The largest absolute Gasteiger partial charge is 0.382 e. The molecule has 0 bridgehead atoms. The zero-order chi connectivity index (χ0) is 13.4. The highest BCUT2D eigenvalue weighted by atomic mass is 32.1. The van der Waals surface area contributed by atoms with Crippen LogP contribution in [-0.2, 0) is 16.6 Å². The van der Waals surface area contributed by atoms with E-state index in [1.54, 1.807) is 0 Å². The third-order valence-electron chi connectivity index (χ3n) is 3.58. The van der Waals surface area contributed by atoms with Gasteiger partial charge in [-0.3, -0.25) is 4.79 Å². The predicted molar refractivity (Wildman–Crippen MR) is 72.9 cm³/mol. The Hall–Kier alpha value is -0.740. The summed E-state index contributed by atoms with van der Waals surface area (Å²) in [5.41, 5.74) is -0.0379. The van der Waals surface area contributed by atoms with Crippen LogP contribution in [-0.4, -0.2) is 21.5 Å². The first-order valence-corrected chi connectivity index (χ1v) is 7.40. The van der Waals surface area contributed by atoms with E-state index in [1.165, 1.54) is 11.3 Å². The fourth-order valence-corrected chi connectivity index (χ4v) is 3.30. The van der Waals surface area contributed by atoms with Crippen molar-refractivity contribution in [3.8, 4) is 0 Å². The summed E-state index contributed by atoms with van der Waals surface area (Å²) in [7, 11) is 0. The van der Waals surface area contributed by atoms with E-state index in [1.807, 2.05) is 5.38 Å². The van der Waals surface area contributed by atoms with Crippen molar-refractivity contribution in [2.24, 2.45) is 0 Å². The smallest absolute Gasteiger partial charge is 0.171 e. The van der Waals surface area contributed by atoms with E-state index < -0.39 is 5.60 Å². The number of rotatable bonds is 3. The van der Waals surface area contributed by atoms with Gasteiger partial charge in [0.25, 0.3) is 0 Å². The molecule has 4 heteroatoms. The molecule has 1 aliphatic carbocycles. The van der Waals surface area contributed by atoms with Crippen LogP contribution in [0.5, 0.6) is 0 Å². The zero-order valence-corrected chi connectivity index (χ0v) is 12.1. The molecule has 100 valence electrons. The molecule has 1 N–H and O–H groups in total. The number of nitrogens with zero attached hydrogens (tertiary/aromatic N) is 1. The average molecular weight is 267 g/mol. The number of aromatic nitrogens is 1. The summed E-state index contributed by atoms with van der Waals surface area (Å²) in [5.74, 6) is -0.0604. The highest BCUT2D eigenvalue weighted by Crippen LogP contribution is 2.32. The van der Waals surface area contributed by atoms with Gasteiger partial charge in [0.15, 0.2) is 5.78 Å². The second kappa shape index (κ2) is 4.74. The van der Waals surface area contributed by atoms with Crippen LogP contribution >= 0.6 is 11.3 Å². The molecule has 0 unspecified atom stereocenters. The summed E-state index contributed by atoms with van der Waals surface area (Å²) in [6.07, 6.45) is 3.41. The van der Waals surface area contributed by atoms with Crippen molar-refractivity contribution in [3.63, 3.8) is 0 Å². The van der Waals surface area contributed by atoms with Crippen LogP contribution in [0, 0.1) is 0 Å². The molecule has 2 rings (SSSR count). The lowest BCUT2D eigenvalue weighted by atomic mass is 9.93. The minimum absolute atomic E-state index is 0.0159. The molecule has 18 heavy (non-hydrogen) atoms. The van der Waals surface area contributed by atoms with E-state index in [0.29, 0.717) is 12.8 Å². The molecule has 0 amide bonds. The van der Waals surface area contributed by atoms with Gasteiger partial charge in [0.05, 0.1) is 12.1 Å². The van der Waals surface area contributed by atoms with Gasteiger partial charge in [0, 0.05) is 10.8 Å². The number of hydrogen-bond acceptors (Lipinski definition) is 4. The number of thiazole rings is 1. The van der Waals surface area contributed by atoms with E-state index in [0.717, 1.165) is 23.5 Å². The van der Waals surface area contributed by atoms with Crippen LogP contribution in [0.4, 0.5) is 0 Å². The van der Waals surface area contributed by atoms with Crippen molar-refractivity contribution in [1.82, 2.24) is 4.98 Å². The predicted octanol–water partition coefficient (Wildman–Crippen LogP) is 2.86. The molecule has 0 radical (unpaired) electrons. The molecule has 1 aromatic rings. The Kier molecular flexibility index (Phi) is 3.60. The number of carbonyl (C=O) groups is 1. The van der Waals surface area contributed by atoms with Gasteiger partial charge in [-0.15, -0.1) is 11.3 Å². The first-order chi connectivity index (χ1) is 8.31. The molecule has 1 saturated carbocycles. The Labute approximate surface area is 112 Å². The summed E-state index contributed by atoms with van der Waals surface area (Å²) in [6, 6.07) is 0. The molecule has 1 fully saturated rings. The van der Waals surface area contributed by atoms with Gasteiger partial charge in [0.2, 0.25) is 0 Å². The number of hydrogen-bond donors (Lipinski definition) is 1. The van der Waals surface area contributed by atoms with Crippen molar-refractivity contribution in [2.45, 2.75) is 63.9 Å². The minimum Gasteiger partial charge on any atom is -0.382 e. The molecule has 1 aliphatic rings. The Morgan fingerprint density at radius 2 is 2.06 bits per heavy atom. The highest BCUT2D eigenvalue weighted by Gasteiger charge is 2.38. The quantitative estimate of drug-likeness (QED) is 0.916. The van der Waals surface area contributed by atoms with Gasteiger partial charge in [-0.05, 0) is 25.7 Å². The lowest BCUT2D eigenvalue weighted by molar-refractivity contribution is -0.136. The number of Topliss-reactive ketones (excluding diaryl/α,β-unsaturated/α-hetero) is 1. The normalized spacial score (nSPS) is 19.1. The van der Waals surface area contributed by atoms with E-state index >= 15 is 0 Å². The van der Waals surface area contributed by atoms with Crippen molar-refractivity contribution in [1.29, 1.82) is 0 Å². The van der Waals surface area contributed by atoms with Crippen LogP contribution < -0.4 is 0 Å². The first-order valence-electron chi connectivity index (χ1n) is 6.52. The summed E-state index contributed by atoms with van der Waals surface area (Å²) >= 11 is 1.52. The topological polar surface area (TPSA) is 50.2 Å². The Bertz CT molecular complexity index is 439. The fourth-order valence-electron chi connectivity index (χ4n) is 2.28. The van der Waals surface area contributed by atoms with E-state index in [2.05, 4.69) is 25.8 Å². The van der Waals surface area contributed by atoms with Gasteiger partial charge in [0.1, 0.15) is 10.6 Å². The molecule has 0 aromatic carbocycles. The molecular formula is C14H21NO2S. The van der Waals surface area contributed by atoms with Crippen molar-refractivity contribution >= 4 is 17.1 Å². The van der Waals surface area contributed by atoms with Crippen LogP contribution in [0.1, 0.15) is 57.2 Å². The van der Waals surface area contributed by atoms with Gasteiger partial charge >= 0.3 is 0 Å². The summed E-state index contributed by atoms with van der Waals surface area (Å²) in [4.78, 5) is 16.6. The van der Waals surface area contributed by atoms with Gasteiger partial charge in [-0.25, -0.2) is 4.98 Å². The van der Waals surface area contributed by atoms with Crippen molar-refractivity contribution < 1.29 is 9.90 Å². The summed E-state index contributed by atoms with van der Waals surface area (Å²) in [6.45, 7) is 6.33. The molecular weight excluding hydrogens is 246 g/mol. The van der Waals surface area contributed by atoms with Gasteiger partial charge in [-0.1, -0.05) is 20.8 Å². The fraction of sp³-hybridized carbons (Fsp3) is 0.714. The first kappa shape index (κ1) is 13.7. The zero-order valence-electron chi connectivity index (χ0n) is 11.3.